The predicted molar refractivity (Wildman–Crippen MR) is 90.1 cm³/mol. The van der Waals surface area contributed by atoms with Crippen molar-refractivity contribution < 1.29 is 4.74 Å². The van der Waals surface area contributed by atoms with Gasteiger partial charge in [0.15, 0.2) is 11.2 Å². The number of hydrogen-bond donors (Lipinski definition) is 1. The second kappa shape index (κ2) is 6.07. The van der Waals surface area contributed by atoms with E-state index in [1.54, 1.807) is 0 Å². The molecule has 0 unspecified atom stereocenters. The zero-order chi connectivity index (χ0) is 16.5. The van der Waals surface area contributed by atoms with Crippen molar-refractivity contribution >= 4 is 11.2 Å². The van der Waals surface area contributed by atoms with Crippen LogP contribution in [0.2, 0.25) is 0 Å². The molecule has 1 fully saturated rings. The summed E-state index contributed by atoms with van der Waals surface area (Å²) in [5.74, 6) is 1.18. The van der Waals surface area contributed by atoms with Crippen molar-refractivity contribution in [3.63, 3.8) is 0 Å². The molecule has 0 bridgehead atoms. The predicted octanol–water partition coefficient (Wildman–Crippen LogP) is 2.70. The summed E-state index contributed by atoms with van der Waals surface area (Å²) in [4.78, 5) is 19.9. The van der Waals surface area contributed by atoms with E-state index < -0.39 is 0 Å². The van der Waals surface area contributed by atoms with Crippen molar-refractivity contribution in [3.05, 3.63) is 34.6 Å². The van der Waals surface area contributed by atoms with Crippen molar-refractivity contribution in [3.8, 4) is 17.1 Å². The van der Waals surface area contributed by atoms with Gasteiger partial charge in [-0.15, -0.1) is 5.10 Å². The van der Waals surface area contributed by atoms with Crippen LogP contribution in [0.4, 0.5) is 0 Å². The summed E-state index contributed by atoms with van der Waals surface area (Å²) in [5.41, 5.74) is 1.33. The number of H-pyrrole nitrogens is 1. The smallest absolute Gasteiger partial charge is 0.281 e. The van der Waals surface area contributed by atoms with Gasteiger partial charge in [-0.3, -0.25) is 4.79 Å². The highest BCUT2D eigenvalue weighted by atomic mass is 16.5. The molecule has 0 saturated heterocycles. The van der Waals surface area contributed by atoms with Gasteiger partial charge in [0, 0.05) is 0 Å². The summed E-state index contributed by atoms with van der Waals surface area (Å²) in [6, 6.07) is 7.83. The topological polar surface area (TPSA) is 85.7 Å². The third kappa shape index (κ3) is 2.46. The number of nitrogens with one attached hydrogen (secondary N) is 1. The first kappa shape index (κ1) is 14.9. The maximum Gasteiger partial charge on any atom is 0.281 e. The Hall–Kier alpha value is -2.70. The molecule has 4 rings (SSSR count). The molecule has 0 atom stereocenters. The molecule has 7 nitrogen and oxygen atoms in total. The van der Waals surface area contributed by atoms with Crippen molar-refractivity contribution in [2.75, 3.05) is 6.61 Å². The summed E-state index contributed by atoms with van der Waals surface area (Å²) >= 11 is 0. The minimum Gasteiger partial charge on any atom is -0.493 e. The molecule has 1 aromatic carbocycles. The van der Waals surface area contributed by atoms with E-state index in [2.05, 4.69) is 20.3 Å². The van der Waals surface area contributed by atoms with E-state index in [1.807, 2.05) is 35.9 Å². The van der Waals surface area contributed by atoms with E-state index in [9.17, 15) is 4.79 Å². The molecule has 0 radical (unpaired) electrons. The molecule has 1 N–H and O–H groups in total. The SMILES string of the molecule is CCOc1ccccc1-c1nc2c(nnn2C2CCCC2)c(=O)[nH]1. The fraction of sp³-hybridized carbons (Fsp3) is 0.412. The van der Waals surface area contributed by atoms with Crippen LogP contribution >= 0.6 is 0 Å². The van der Waals surface area contributed by atoms with Gasteiger partial charge in [-0.05, 0) is 31.9 Å². The van der Waals surface area contributed by atoms with Crippen LogP contribution in [-0.2, 0) is 0 Å². The maximum absolute atomic E-state index is 12.4. The molecule has 0 amide bonds. The van der Waals surface area contributed by atoms with Gasteiger partial charge in [0.1, 0.15) is 11.6 Å². The van der Waals surface area contributed by atoms with Crippen LogP contribution in [0.15, 0.2) is 29.1 Å². The Bertz CT molecular complexity index is 924. The average Bonchev–Trinajstić information content (AvgIpc) is 3.24. The second-order valence-corrected chi connectivity index (χ2v) is 5.99. The quantitative estimate of drug-likeness (QED) is 0.797. The van der Waals surface area contributed by atoms with Gasteiger partial charge in [0.25, 0.3) is 5.56 Å². The van der Waals surface area contributed by atoms with E-state index in [-0.39, 0.29) is 11.6 Å². The average molecular weight is 325 g/mol. The van der Waals surface area contributed by atoms with E-state index >= 15 is 0 Å². The van der Waals surface area contributed by atoms with Crippen LogP contribution in [0, 0.1) is 0 Å². The first-order chi connectivity index (χ1) is 11.8. The Morgan fingerprint density at radius 2 is 2.08 bits per heavy atom. The van der Waals surface area contributed by atoms with Gasteiger partial charge >= 0.3 is 0 Å². The van der Waals surface area contributed by atoms with E-state index in [0.29, 0.717) is 29.3 Å². The number of para-hydroxylation sites is 1. The lowest BCUT2D eigenvalue weighted by Gasteiger charge is -2.11. The largest absolute Gasteiger partial charge is 0.493 e. The van der Waals surface area contributed by atoms with E-state index in [4.69, 9.17) is 4.74 Å². The molecule has 0 aliphatic heterocycles. The van der Waals surface area contributed by atoms with Crippen molar-refractivity contribution in [2.45, 2.75) is 38.6 Å². The Morgan fingerprint density at radius 1 is 1.29 bits per heavy atom. The second-order valence-electron chi connectivity index (χ2n) is 5.99. The van der Waals surface area contributed by atoms with Crippen molar-refractivity contribution in [1.29, 1.82) is 0 Å². The molecule has 24 heavy (non-hydrogen) atoms. The van der Waals surface area contributed by atoms with Gasteiger partial charge in [0.2, 0.25) is 0 Å². The Balaban J connectivity index is 1.88. The fourth-order valence-electron chi connectivity index (χ4n) is 3.31. The highest BCUT2D eigenvalue weighted by Crippen LogP contribution is 2.31. The summed E-state index contributed by atoms with van der Waals surface area (Å²) in [6.07, 6.45) is 4.46. The summed E-state index contributed by atoms with van der Waals surface area (Å²) < 4.78 is 7.46. The van der Waals surface area contributed by atoms with Gasteiger partial charge in [-0.1, -0.05) is 30.2 Å². The normalized spacial score (nSPS) is 15.2. The number of rotatable bonds is 4. The van der Waals surface area contributed by atoms with Crippen molar-refractivity contribution in [2.24, 2.45) is 0 Å². The minimum atomic E-state index is -0.273. The molecule has 124 valence electrons. The molecule has 7 heteroatoms. The molecule has 0 spiro atoms. The first-order valence-electron chi connectivity index (χ1n) is 8.35. The molecule has 3 aromatic rings. The van der Waals surface area contributed by atoms with E-state index in [0.717, 1.165) is 18.4 Å². The summed E-state index contributed by atoms with van der Waals surface area (Å²) in [5, 5.41) is 8.22. The molecule has 2 aromatic heterocycles. The third-order valence-electron chi connectivity index (χ3n) is 4.45. The fourth-order valence-corrected chi connectivity index (χ4v) is 3.31. The monoisotopic (exact) mass is 325 g/mol. The lowest BCUT2D eigenvalue weighted by molar-refractivity contribution is 0.341. The van der Waals surface area contributed by atoms with Crippen LogP contribution < -0.4 is 10.3 Å². The number of nitrogens with zero attached hydrogens (tertiary/aromatic N) is 4. The number of fused-ring (bicyclic) bond motifs is 1. The van der Waals surface area contributed by atoms with Crippen LogP contribution in [0.1, 0.15) is 38.6 Å². The van der Waals surface area contributed by atoms with Gasteiger partial charge in [-0.2, -0.15) is 0 Å². The van der Waals surface area contributed by atoms with Gasteiger partial charge < -0.3 is 9.72 Å². The van der Waals surface area contributed by atoms with Crippen LogP contribution in [-0.4, -0.2) is 31.6 Å². The van der Waals surface area contributed by atoms with Crippen LogP contribution in [0.3, 0.4) is 0 Å². The summed E-state index contributed by atoms with van der Waals surface area (Å²) in [7, 11) is 0. The van der Waals surface area contributed by atoms with Crippen LogP contribution in [0.25, 0.3) is 22.6 Å². The molecule has 1 saturated carbocycles. The number of aromatic nitrogens is 5. The first-order valence-corrected chi connectivity index (χ1v) is 8.35. The molecule has 1 aliphatic rings. The number of aromatic amines is 1. The number of ether oxygens (including phenoxy) is 1. The highest BCUT2D eigenvalue weighted by molar-refractivity contribution is 5.73. The molecular formula is C17H19N5O2. The lowest BCUT2D eigenvalue weighted by Crippen LogP contribution is -2.13. The number of hydrogen-bond acceptors (Lipinski definition) is 5. The van der Waals surface area contributed by atoms with Crippen LogP contribution in [0.5, 0.6) is 5.75 Å². The van der Waals surface area contributed by atoms with Gasteiger partial charge in [-0.25, -0.2) is 9.67 Å². The van der Waals surface area contributed by atoms with Gasteiger partial charge in [0.05, 0.1) is 18.2 Å². The maximum atomic E-state index is 12.4. The third-order valence-corrected chi connectivity index (χ3v) is 4.45. The zero-order valence-corrected chi connectivity index (χ0v) is 13.5. The molecular weight excluding hydrogens is 306 g/mol. The Labute approximate surface area is 138 Å². The minimum absolute atomic E-state index is 0.273. The highest BCUT2D eigenvalue weighted by Gasteiger charge is 2.23. The lowest BCUT2D eigenvalue weighted by atomic mass is 10.2. The Morgan fingerprint density at radius 3 is 2.88 bits per heavy atom. The molecule has 2 heterocycles. The van der Waals surface area contributed by atoms with Crippen molar-refractivity contribution in [1.82, 2.24) is 25.0 Å². The zero-order valence-electron chi connectivity index (χ0n) is 13.5. The Kier molecular flexibility index (Phi) is 3.76. The summed E-state index contributed by atoms with van der Waals surface area (Å²) in [6.45, 7) is 2.47. The number of benzene rings is 1. The van der Waals surface area contributed by atoms with E-state index in [1.165, 1.54) is 12.8 Å². The standard InChI is InChI=1S/C17H19N5O2/c1-2-24-13-10-6-5-9-12(13)15-18-16-14(17(23)19-15)20-21-22(16)11-7-3-4-8-11/h5-6,9-11H,2-4,7-8H2,1H3,(H,18,19,23). The molecule has 1 aliphatic carbocycles.